The number of hydrogen-bond acceptors (Lipinski definition) is 2. The monoisotopic (exact) mass is 378 g/mol. The molecule has 0 amide bonds. The van der Waals surface area contributed by atoms with Crippen molar-refractivity contribution in [1.82, 2.24) is 0 Å². The maximum absolute atomic E-state index is 10.1. The van der Waals surface area contributed by atoms with Gasteiger partial charge in [0, 0.05) is 12.8 Å². The second kappa shape index (κ2) is 9.19. The van der Waals surface area contributed by atoms with E-state index in [1.165, 1.54) is 16.4 Å². The Labute approximate surface area is 165 Å². The Bertz CT molecular complexity index is 717. The van der Waals surface area contributed by atoms with Crippen molar-refractivity contribution in [3.8, 4) is 12.3 Å². The third-order valence-electron chi connectivity index (χ3n) is 4.88. The van der Waals surface area contributed by atoms with E-state index in [1.54, 1.807) is 0 Å². The first-order valence-corrected chi connectivity index (χ1v) is 11.3. The van der Waals surface area contributed by atoms with Crippen LogP contribution < -0.4 is 10.4 Å². The summed E-state index contributed by atoms with van der Waals surface area (Å²) >= 11 is 0. The Hall–Kier alpha value is -2.12. The molecule has 142 valence electrons. The summed E-state index contributed by atoms with van der Waals surface area (Å²) in [6, 6.07) is 20.9. The fraction of sp³-hybridized carbons (Fsp3) is 0.333. The number of hydrogen-bond donors (Lipinski definition) is 1. The Morgan fingerprint density at radius 2 is 1.56 bits per heavy atom. The van der Waals surface area contributed by atoms with Crippen molar-refractivity contribution < 1.29 is 9.53 Å². The molecule has 2 aromatic carbocycles. The van der Waals surface area contributed by atoms with E-state index in [4.69, 9.17) is 10.8 Å². The van der Waals surface area contributed by atoms with Gasteiger partial charge in [-0.25, -0.2) is 0 Å². The number of terminal acetylenes is 1. The van der Waals surface area contributed by atoms with Gasteiger partial charge in [-0.05, 0) is 15.4 Å². The topological polar surface area (TPSA) is 29.5 Å². The molecule has 0 aromatic heterocycles. The molecule has 2 unspecified atom stereocenters. The van der Waals surface area contributed by atoms with E-state index in [1.807, 2.05) is 12.1 Å². The number of aliphatic hydroxyl groups excluding tert-OH is 1. The summed E-state index contributed by atoms with van der Waals surface area (Å²) in [5, 5.41) is 12.4. The van der Waals surface area contributed by atoms with Gasteiger partial charge >= 0.3 is 0 Å². The second-order valence-corrected chi connectivity index (χ2v) is 12.1. The molecule has 2 rings (SSSR count). The number of rotatable bonds is 8. The van der Waals surface area contributed by atoms with Gasteiger partial charge in [0.1, 0.15) is 0 Å². The first kappa shape index (κ1) is 21.2. The quantitative estimate of drug-likeness (QED) is 0.429. The van der Waals surface area contributed by atoms with Gasteiger partial charge in [0.05, 0.1) is 12.2 Å². The molecule has 0 heterocycles. The molecule has 0 saturated carbocycles. The van der Waals surface area contributed by atoms with E-state index in [0.29, 0.717) is 12.8 Å². The van der Waals surface area contributed by atoms with Gasteiger partial charge in [0.15, 0.2) is 0 Å². The van der Waals surface area contributed by atoms with Gasteiger partial charge in [-0.2, -0.15) is 0 Å². The molecular formula is C24H30O2Si. The number of benzene rings is 2. The van der Waals surface area contributed by atoms with Crippen molar-refractivity contribution in [2.24, 2.45) is 0 Å². The molecule has 2 atom stereocenters. The lowest BCUT2D eigenvalue weighted by atomic mass is 10.1. The van der Waals surface area contributed by atoms with Crippen LogP contribution in [-0.4, -0.2) is 25.6 Å². The lowest BCUT2D eigenvalue weighted by molar-refractivity contribution is 0.117. The Kier molecular flexibility index (Phi) is 7.21. The highest BCUT2D eigenvalue weighted by Crippen LogP contribution is 2.38. The average Bonchev–Trinajstić information content (AvgIpc) is 2.66. The van der Waals surface area contributed by atoms with Crippen LogP contribution in [0.1, 0.15) is 33.6 Å². The van der Waals surface area contributed by atoms with Crippen LogP contribution in [0.3, 0.4) is 0 Å². The zero-order valence-corrected chi connectivity index (χ0v) is 17.6. The second-order valence-electron chi connectivity index (χ2n) is 7.85. The van der Waals surface area contributed by atoms with E-state index < -0.39 is 14.4 Å². The lowest BCUT2D eigenvalue weighted by Gasteiger charge is -2.45. The Morgan fingerprint density at radius 1 is 1.07 bits per heavy atom. The van der Waals surface area contributed by atoms with Crippen LogP contribution in [0.4, 0.5) is 0 Å². The molecule has 0 aliphatic heterocycles. The molecule has 0 bridgehead atoms. The van der Waals surface area contributed by atoms with Crippen molar-refractivity contribution in [2.75, 3.05) is 0 Å². The minimum atomic E-state index is -2.67. The predicted octanol–water partition coefficient (Wildman–Crippen LogP) is 3.89. The van der Waals surface area contributed by atoms with Crippen molar-refractivity contribution in [1.29, 1.82) is 0 Å². The van der Waals surface area contributed by atoms with E-state index in [2.05, 4.69) is 81.8 Å². The van der Waals surface area contributed by atoms with Crippen LogP contribution in [0.5, 0.6) is 0 Å². The van der Waals surface area contributed by atoms with Gasteiger partial charge in [0.25, 0.3) is 8.32 Å². The van der Waals surface area contributed by atoms with Gasteiger partial charge < -0.3 is 9.53 Å². The van der Waals surface area contributed by atoms with E-state index in [0.717, 1.165) is 0 Å². The molecule has 2 nitrogen and oxygen atoms in total. The van der Waals surface area contributed by atoms with Gasteiger partial charge in [0.2, 0.25) is 0 Å². The summed E-state index contributed by atoms with van der Waals surface area (Å²) < 4.78 is 6.98. The highest BCUT2D eigenvalue weighted by Gasteiger charge is 2.51. The first-order chi connectivity index (χ1) is 12.8. The summed E-state index contributed by atoms with van der Waals surface area (Å²) in [6.07, 6.45) is 7.19. The largest absolute Gasteiger partial charge is 0.403 e. The standard InChI is InChI=1S/C24H30O2Si/c1-6-14-21(19-20(25)7-2)26-27(24(3,4)5,22-15-10-8-11-16-22)23-17-12-9-13-18-23/h1,7-13,15-18,20-21,25H,2,14,19H2,3-5H3. The summed E-state index contributed by atoms with van der Waals surface area (Å²) in [7, 11) is -2.67. The van der Waals surface area contributed by atoms with Gasteiger partial charge in [-0.3, -0.25) is 0 Å². The molecule has 0 aliphatic carbocycles. The average molecular weight is 379 g/mol. The van der Waals surface area contributed by atoms with Crippen LogP contribution in [0.15, 0.2) is 73.3 Å². The van der Waals surface area contributed by atoms with E-state index in [-0.39, 0.29) is 11.1 Å². The fourth-order valence-electron chi connectivity index (χ4n) is 3.61. The lowest BCUT2D eigenvalue weighted by Crippen LogP contribution is -2.67. The zero-order chi connectivity index (χ0) is 19.9. The summed E-state index contributed by atoms with van der Waals surface area (Å²) in [5.74, 6) is 2.73. The molecule has 0 aliphatic rings. The third-order valence-corrected chi connectivity index (χ3v) is 9.97. The zero-order valence-electron chi connectivity index (χ0n) is 16.6. The molecule has 0 spiro atoms. The van der Waals surface area contributed by atoms with Crippen molar-refractivity contribution >= 4 is 18.7 Å². The van der Waals surface area contributed by atoms with Gasteiger partial charge in [-0.15, -0.1) is 18.9 Å². The molecule has 0 fully saturated rings. The van der Waals surface area contributed by atoms with Gasteiger partial charge in [-0.1, -0.05) is 87.5 Å². The first-order valence-electron chi connectivity index (χ1n) is 9.38. The summed E-state index contributed by atoms with van der Waals surface area (Å²) in [4.78, 5) is 0. The minimum absolute atomic E-state index is 0.123. The molecular weight excluding hydrogens is 348 g/mol. The summed E-state index contributed by atoms with van der Waals surface area (Å²) in [5.41, 5.74) is 0. The fourth-order valence-corrected chi connectivity index (χ4v) is 8.31. The molecule has 0 radical (unpaired) electrons. The maximum atomic E-state index is 10.1. The maximum Gasteiger partial charge on any atom is 0.261 e. The smallest absolute Gasteiger partial charge is 0.261 e. The van der Waals surface area contributed by atoms with Crippen LogP contribution >= 0.6 is 0 Å². The molecule has 1 N–H and O–H groups in total. The minimum Gasteiger partial charge on any atom is -0.403 e. The van der Waals surface area contributed by atoms with Crippen molar-refractivity contribution in [2.45, 2.75) is 50.9 Å². The molecule has 2 aromatic rings. The van der Waals surface area contributed by atoms with Crippen LogP contribution in [0, 0.1) is 12.3 Å². The molecule has 0 saturated heterocycles. The highest BCUT2D eigenvalue weighted by atomic mass is 28.4. The van der Waals surface area contributed by atoms with Crippen LogP contribution in [0.25, 0.3) is 0 Å². The Balaban J connectivity index is 2.64. The van der Waals surface area contributed by atoms with Crippen molar-refractivity contribution in [3.63, 3.8) is 0 Å². The van der Waals surface area contributed by atoms with E-state index in [9.17, 15) is 5.11 Å². The normalized spacial score (nSPS) is 14.2. The highest BCUT2D eigenvalue weighted by molar-refractivity contribution is 6.99. The van der Waals surface area contributed by atoms with Crippen molar-refractivity contribution in [3.05, 3.63) is 73.3 Å². The predicted molar refractivity (Wildman–Crippen MR) is 117 cm³/mol. The SMILES string of the molecule is C#CCC(CC(O)C=C)O[Si](c1ccccc1)(c1ccccc1)C(C)(C)C. The van der Waals surface area contributed by atoms with E-state index >= 15 is 0 Å². The van der Waals surface area contributed by atoms with Crippen LogP contribution in [-0.2, 0) is 4.43 Å². The number of aliphatic hydroxyl groups is 1. The van der Waals surface area contributed by atoms with Crippen LogP contribution in [0.2, 0.25) is 5.04 Å². The summed E-state index contributed by atoms with van der Waals surface area (Å²) in [6.45, 7) is 10.4. The molecule has 3 heteroatoms. The Morgan fingerprint density at radius 3 is 1.93 bits per heavy atom. The third kappa shape index (κ3) is 4.78. The molecule has 27 heavy (non-hydrogen) atoms.